The van der Waals surface area contributed by atoms with E-state index in [1.165, 1.54) is 18.2 Å². The summed E-state index contributed by atoms with van der Waals surface area (Å²) < 4.78 is 38.8. The van der Waals surface area contributed by atoms with E-state index < -0.39 is 29.5 Å². The van der Waals surface area contributed by atoms with E-state index in [0.717, 1.165) is 23.9 Å². The molecular formula is C31H23ClF3N3O3S. The van der Waals surface area contributed by atoms with Crippen molar-refractivity contribution in [1.82, 2.24) is 5.32 Å². The summed E-state index contributed by atoms with van der Waals surface area (Å²) in [6.07, 6.45) is -3.05. The lowest BCUT2D eigenvalue weighted by Crippen LogP contribution is -2.30. The quantitative estimate of drug-likeness (QED) is 0.135. The Balaban J connectivity index is 1.44. The summed E-state index contributed by atoms with van der Waals surface area (Å²) in [4.78, 5) is 39.1. The maximum atomic E-state index is 13.3. The summed E-state index contributed by atoms with van der Waals surface area (Å²) in [6, 6.07) is 26.3. The maximum absolute atomic E-state index is 13.3. The van der Waals surface area contributed by atoms with Crippen LogP contribution in [0.15, 0.2) is 114 Å². The Hall–Kier alpha value is -4.54. The van der Waals surface area contributed by atoms with E-state index in [1.54, 1.807) is 78.9 Å². The monoisotopic (exact) mass is 609 g/mol. The lowest BCUT2D eigenvalue weighted by Gasteiger charge is -2.13. The first-order valence-corrected chi connectivity index (χ1v) is 13.8. The van der Waals surface area contributed by atoms with Crippen LogP contribution in [0.25, 0.3) is 6.08 Å². The second-order valence-corrected chi connectivity index (χ2v) is 10.3. The summed E-state index contributed by atoms with van der Waals surface area (Å²) in [7, 11) is 0. The zero-order valence-electron chi connectivity index (χ0n) is 21.7. The van der Waals surface area contributed by atoms with Gasteiger partial charge >= 0.3 is 6.18 Å². The zero-order valence-corrected chi connectivity index (χ0v) is 23.3. The molecular weight excluding hydrogens is 587 g/mol. The van der Waals surface area contributed by atoms with Crippen LogP contribution in [-0.4, -0.2) is 23.5 Å². The number of alkyl halides is 3. The van der Waals surface area contributed by atoms with Crippen LogP contribution in [0.3, 0.4) is 0 Å². The molecule has 0 aliphatic carbocycles. The molecule has 6 nitrogen and oxygen atoms in total. The van der Waals surface area contributed by atoms with Gasteiger partial charge in [-0.05, 0) is 66.2 Å². The number of hydrogen-bond acceptors (Lipinski definition) is 4. The molecule has 3 N–H and O–H groups in total. The van der Waals surface area contributed by atoms with Crippen LogP contribution in [0.4, 0.5) is 24.5 Å². The summed E-state index contributed by atoms with van der Waals surface area (Å²) in [5.74, 6) is -1.68. The number of thioether (sulfide) groups is 1. The second kappa shape index (κ2) is 13.9. The summed E-state index contributed by atoms with van der Waals surface area (Å²) in [5.41, 5.74) is 0.398. The molecule has 42 heavy (non-hydrogen) atoms. The first kappa shape index (κ1) is 30.4. The van der Waals surface area contributed by atoms with Crippen molar-refractivity contribution in [2.24, 2.45) is 0 Å². The molecule has 0 fully saturated rings. The predicted octanol–water partition coefficient (Wildman–Crippen LogP) is 7.50. The molecule has 11 heteroatoms. The highest BCUT2D eigenvalue weighted by Crippen LogP contribution is 2.31. The summed E-state index contributed by atoms with van der Waals surface area (Å²) >= 11 is 7.40. The van der Waals surface area contributed by atoms with Gasteiger partial charge in [0.05, 0.1) is 11.3 Å². The highest BCUT2D eigenvalue weighted by Gasteiger charge is 2.30. The molecule has 0 heterocycles. The molecule has 0 saturated carbocycles. The molecule has 0 aliphatic heterocycles. The number of halogens is 4. The smallest absolute Gasteiger partial charge is 0.325 e. The van der Waals surface area contributed by atoms with Crippen molar-refractivity contribution >= 4 is 58.5 Å². The Morgan fingerprint density at radius 3 is 2.17 bits per heavy atom. The van der Waals surface area contributed by atoms with Gasteiger partial charge in [-0.3, -0.25) is 14.4 Å². The van der Waals surface area contributed by atoms with Crippen LogP contribution in [0, 0.1) is 0 Å². The van der Waals surface area contributed by atoms with Crippen LogP contribution in [0.2, 0.25) is 5.02 Å². The normalized spacial score (nSPS) is 11.5. The fourth-order valence-electron chi connectivity index (χ4n) is 3.67. The lowest BCUT2D eigenvalue weighted by molar-refractivity contribution is -0.137. The van der Waals surface area contributed by atoms with Gasteiger partial charge in [0.25, 0.3) is 11.8 Å². The average molecular weight is 610 g/mol. The van der Waals surface area contributed by atoms with Crippen molar-refractivity contribution in [1.29, 1.82) is 0 Å². The molecule has 4 aromatic carbocycles. The lowest BCUT2D eigenvalue weighted by atomic mass is 10.1. The Kier molecular flexibility index (Phi) is 10.1. The number of carbonyl (C=O) groups excluding carboxylic acids is 3. The van der Waals surface area contributed by atoms with Gasteiger partial charge in [-0.1, -0.05) is 60.1 Å². The van der Waals surface area contributed by atoms with Gasteiger partial charge < -0.3 is 16.0 Å². The van der Waals surface area contributed by atoms with Gasteiger partial charge in [0.2, 0.25) is 5.91 Å². The highest BCUT2D eigenvalue weighted by molar-refractivity contribution is 8.00. The molecule has 4 aromatic rings. The average Bonchev–Trinajstić information content (AvgIpc) is 2.97. The van der Waals surface area contributed by atoms with Crippen LogP contribution < -0.4 is 16.0 Å². The molecule has 4 rings (SSSR count). The van der Waals surface area contributed by atoms with E-state index in [4.69, 9.17) is 11.6 Å². The Morgan fingerprint density at radius 2 is 1.45 bits per heavy atom. The Labute approximate surface area is 249 Å². The van der Waals surface area contributed by atoms with E-state index >= 15 is 0 Å². The van der Waals surface area contributed by atoms with Crippen molar-refractivity contribution in [2.75, 3.05) is 16.4 Å². The minimum Gasteiger partial charge on any atom is -0.325 e. The molecule has 0 spiro atoms. The fourth-order valence-corrected chi connectivity index (χ4v) is 4.62. The van der Waals surface area contributed by atoms with Gasteiger partial charge in [-0.15, -0.1) is 11.8 Å². The first-order valence-electron chi connectivity index (χ1n) is 12.4. The molecule has 0 saturated heterocycles. The largest absolute Gasteiger partial charge is 0.416 e. The van der Waals surface area contributed by atoms with Crippen LogP contribution in [0.1, 0.15) is 21.5 Å². The minimum atomic E-state index is -4.52. The fraction of sp³-hybridized carbons (Fsp3) is 0.0645. The third-order valence-corrected chi connectivity index (χ3v) is 7.01. The van der Waals surface area contributed by atoms with E-state index in [-0.39, 0.29) is 17.1 Å². The summed E-state index contributed by atoms with van der Waals surface area (Å²) in [6.45, 7) is 0. The van der Waals surface area contributed by atoms with E-state index in [0.29, 0.717) is 26.7 Å². The van der Waals surface area contributed by atoms with Gasteiger partial charge in [-0.2, -0.15) is 13.2 Å². The molecule has 3 amide bonds. The number of carbonyl (C=O) groups is 3. The van der Waals surface area contributed by atoms with Crippen molar-refractivity contribution < 1.29 is 27.6 Å². The van der Waals surface area contributed by atoms with Gasteiger partial charge in [0.15, 0.2) is 0 Å². The van der Waals surface area contributed by atoms with Crippen molar-refractivity contribution in [3.63, 3.8) is 0 Å². The molecule has 0 bridgehead atoms. The molecule has 0 atom stereocenters. The second-order valence-electron chi connectivity index (χ2n) is 8.80. The van der Waals surface area contributed by atoms with E-state index in [1.807, 2.05) is 0 Å². The van der Waals surface area contributed by atoms with Crippen LogP contribution >= 0.6 is 23.4 Å². The molecule has 214 valence electrons. The summed E-state index contributed by atoms with van der Waals surface area (Å²) in [5, 5.41) is 8.23. The van der Waals surface area contributed by atoms with E-state index in [2.05, 4.69) is 16.0 Å². The van der Waals surface area contributed by atoms with Crippen LogP contribution in [0.5, 0.6) is 0 Å². The number of amides is 3. The minimum absolute atomic E-state index is 0.0341. The third-order valence-electron chi connectivity index (χ3n) is 5.67. The molecule has 0 aliphatic rings. The van der Waals surface area contributed by atoms with Gasteiger partial charge in [0, 0.05) is 26.9 Å². The molecule has 0 radical (unpaired) electrons. The number of hydrogen-bond donors (Lipinski definition) is 3. The van der Waals surface area contributed by atoms with Gasteiger partial charge in [0.1, 0.15) is 5.70 Å². The van der Waals surface area contributed by atoms with Crippen LogP contribution in [-0.2, 0) is 15.8 Å². The van der Waals surface area contributed by atoms with Crippen molar-refractivity contribution in [3.8, 4) is 0 Å². The number of benzene rings is 4. The number of rotatable bonds is 9. The van der Waals surface area contributed by atoms with Gasteiger partial charge in [-0.25, -0.2) is 0 Å². The molecule has 0 aromatic heterocycles. The first-order chi connectivity index (χ1) is 20.1. The van der Waals surface area contributed by atoms with Crippen molar-refractivity contribution in [2.45, 2.75) is 11.1 Å². The topological polar surface area (TPSA) is 87.3 Å². The number of nitrogens with one attached hydrogen (secondary N) is 3. The Bertz CT molecular complexity index is 1630. The maximum Gasteiger partial charge on any atom is 0.416 e. The zero-order chi connectivity index (χ0) is 30.1. The SMILES string of the molecule is O=C(CSc1cccc(NC(=O)/C(=C\c2ccccc2Cl)NC(=O)c2ccccc2)c1)Nc1cccc(C(F)(F)F)c1. The number of anilines is 2. The predicted molar refractivity (Wildman–Crippen MR) is 159 cm³/mol. The van der Waals surface area contributed by atoms with E-state index in [9.17, 15) is 27.6 Å². The highest BCUT2D eigenvalue weighted by atomic mass is 35.5. The van der Waals surface area contributed by atoms with Crippen molar-refractivity contribution in [3.05, 3.63) is 131 Å². The Morgan fingerprint density at radius 1 is 0.786 bits per heavy atom. The standard InChI is InChI=1S/C31H23ClF3N3O3S/c32-26-15-5-4-10-21(26)16-27(38-29(40)20-8-2-1-3-9-20)30(41)37-24-13-7-14-25(18-24)42-19-28(39)36-23-12-6-11-22(17-23)31(33,34)35/h1-18H,19H2,(H,36,39)(H,37,41)(H,38,40)/b27-16+. The molecule has 0 unspecified atom stereocenters. The third kappa shape index (κ3) is 8.73.